The lowest BCUT2D eigenvalue weighted by molar-refractivity contribution is 0.506. The summed E-state index contributed by atoms with van der Waals surface area (Å²) >= 11 is 6.24. The van der Waals surface area contributed by atoms with E-state index in [1.54, 1.807) is 13.1 Å². The Morgan fingerprint density at radius 2 is 2.03 bits per heavy atom. The summed E-state index contributed by atoms with van der Waals surface area (Å²) in [5, 5.41) is 15.7. The van der Waals surface area contributed by atoms with Gasteiger partial charge in [0.05, 0.1) is 6.54 Å². The van der Waals surface area contributed by atoms with Crippen LogP contribution >= 0.6 is 35.6 Å². The summed E-state index contributed by atoms with van der Waals surface area (Å²) in [6.45, 7) is 6.25. The fourth-order valence-corrected chi connectivity index (χ4v) is 3.92. The van der Waals surface area contributed by atoms with Gasteiger partial charge in [0, 0.05) is 37.0 Å². The summed E-state index contributed by atoms with van der Waals surface area (Å²) in [6, 6.07) is 4.52. The van der Waals surface area contributed by atoms with Crippen LogP contribution in [-0.2, 0) is 24.9 Å². The van der Waals surface area contributed by atoms with Crippen LogP contribution in [0.2, 0.25) is 5.02 Å². The van der Waals surface area contributed by atoms with Crippen molar-refractivity contribution < 1.29 is 4.39 Å². The van der Waals surface area contributed by atoms with Crippen LogP contribution in [0.3, 0.4) is 0 Å². The van der Waals surface area contributed by atoms with E-state index in [0.29, 0.717) is 24.1 Å². The fraction of sp³-hybridized carbons (Fsp3) is 0.550. The lowest BCUT2D eigenvalue weighted by Crippen LogP contribution is -2.43. The van der Waals surface area contributed by atoms with Gasteiger partial charge < -0.3 is 15.2 Å². The molecule has 0 aliphatic carbocycles. The van der Waals surface area contributed by atoms with Gasteiger partial charge in [-0.2, -0.15) is 0 Å². The molecule has 0 atom stereocenters. The quantitative estimate of drug-likeness (QED) is 0.345. The second-order valence-corrected chi connectivity index (χ2v) is 8.19. The van der Waals surface area contributed by atoms with E-state index >= 15 is 0 Å². The Morgan fingerprint density at radius 1 is 1.24 bits per heavy atom. The van der Waals surface area contributed by atoms with Gasteiger partial charge in [-0.25, -0.2) is 4.39 Å². The minimum Gasteiger partial charge on any atom is -0.356 e. The largest absolute Gasteiger partial charge is 0.356 e. The summed E-state index contributed by atoms with van der Waals surface area (Å²) in [7, 11) is 1.73. The maximum atomic E-state index is 13.3. The Labute approximate surface area is 193 Å². The van der Waals surface area contributed by atoms with Crippen molar-refractivity contribution >= 4 is 41.5 Å². The molecule has 29 heavy (non-hydrogen) atoms. The second kappa shape index (κ2) is 10.6. The molecular weight excluding hydrogens is 506 g/mol. The van der Waals surface area contributed by atoms with Crippen molar-refractivity contribution in [2.45, 2.75) is 58.0 Å². The van der Waals surface area contributed by atoms with Crippen molar-refractivity contribution in [3.8, 4) is 0 Å². The molecule has 0 spiro atoms. The normalized spacial score (nSPS) is 14.6. The van der Waals surface area contributed by atoms with Crippen molar-refractivity contribution in [1.29, 1.82) is 0 Å². The SMILES string of the molecule is CN=C(NCc1nnc2n1CCCCC2)NCC(C)(C)c1ccc(F)cc1Cl.I. The molecule has 1 aliphatic rings. The molecule has 1 aliphatic heterocycles. The van der Waals surface area contributed by atoms with Crippen LogP contribution < -0.4 is 10.6 Å². The smallest absolute Gasteiger partial charge is 0.191 e. The van der Waals surface area contributed by atoms with Gasteiger partial charge in [-0.05, 0) is 30.5 Å². The molecular formula is C20H29ClFIN6. The lowest BCUT2D eigenvalue weighted by Gasteiger charge is -2.27. The van der Waals surface area contributed by atoms with Crippen molar-refractivity contribution in [2.24, 2.45) is 4.99 Å². The minimum absolute atomic E-state index is 0. The Balaban J connectivity index is 0.00000300. The number of fused-ring (bicyclic) bond motifs is 1. The van der Waals surface area contributed by atoms with E-state index in [1.165, 1.54) is 25.0 Å². The number of hydrogen-bond acceptors (Lipinski definition) is 3. The topological polar surface area (TPSA) is 67.1 Å². The van der Waals surface area contributed by atoms with E-state index in [4.69, 9.17) is 11.6 Å². The van der Waals surface area contributed by atoms with E-state index in [-0.39, 0.29) is 35.2 Å². The number of hydrogen-bond donors (Lipinski definition) is 2. The predicted octanol–water partition coefficient (Wildman–Crippen LogP) is 4.06. The minimum atomic E-state index is -0.331. The number of guanidine groups is 1. The van der Waals surface area contributed by atoms with Crippen molar-refractivity contribution in [2.75, 3.05) is 13.6 Å². The molecule has 0 saturated heterocycles. The molecule has 0 fully saturated rings. The summed E-state index contributed by atoms with van der Waals surface area (Å²) in [5.74, 6) is 2.35. The highest BCUT2D eigenvalue weighted by Crippen LogP contribution is 2.29. The van der Waals surface area contributed by atoms with Gasteiger partial charge >= 0.3 is 0 Å². The van der Waals surface area contributed by atoms with Gasteiger partial charge in [0.1, 0.15) is 11.6 Å². The Morgan fingerprint density at radius 3 is 2.76 bits per heavy atom. The van der Waals surface area contributed by atoms with E-state index in [9.17, 15) is 4.39 Å². The van der Waals surface area contributed by atoms with Gasteiger partial charge in [-0.1, -0.05) is 37.9 Å². The summed E-state index contributed by atoms with van der Waals surface area (Å²) in [4.78, 5) is 4.30. The molecule has 2 heterocycles. The number of aryl methyl sites for hydroxylation is 1. The van der Waals surface area contributed by atoms with Crippen molar-refractivity contribution in [3.63, 3.8) is 0 Å². The molecule has 9 heteroatoms. The van der Waals surface area contributed by atoms with E-state index in [2.05, 4.69) is 44.2 Å². The molecule has 0 bridgehead atoms. The van der Waals surface area contributed by atoms with E-state index < -0.39 is 0 Å². The predicted molar refractivity (Wildman–Crippen MR) is 126 cm³/mol. The standard InChI is InChI=1S/C20H28ClFN6.HI/c1-20(2,15-9-8-14(22)11-16(15)21)13-25-19(23-3)24-12-18-27-26-17-7-5-4-6-10-28(17)18;/h8-9,11H,4-7,10,12-13H2,1-3H3,(H2,23,24,25);1H. The molecule has 2 aromatic rings. The molecule has 3 rings (SSSR count). The lowest BCUT2D eigenvalue weighted by atomic mass is 9.84. The number of nitrogens with one attached hydrogen (secondary N) is 2. The highest BCUT2D eigenvalue weighted by Gasteiger charge is 2.24. The Bertz CT molecular complexity index is 851. The van der Waals surface area contributed by atoms with Crippen LogP contribution in [0, 0.1) is 5.82 Å². The first-order valence-corrected chi connectivity index (χ1v) is 10.1. The molecule has 0 saturated carbocycles. The van der Waals surface area contributed by atoms with E-state index in [0.717, 1.165) is 36.6 Å². The van der Waals surface area contributed by atoms with Crippen LogP contribution in [0.15, 0.2) is 23.2 Å². The zero-order valence-corrected chi connectivity index (χ0v) is 20.2. The summed E-state index contributed by atoms with van der Waals surface area (Å²) < 4.78 is 15.6. The van der Waals surface area contributed by atoms with E-state index in [1.807, 2.05) is 0 Å². The Kier molecular flexibility index (Phi) is 8.69. The Hall–Kier alpha value is -1.42. The molecule has 0 amide bonds. The third-order valence-electron chi connectivity index (χ3n) is 5.18. The van der Waals surface area contributed by atoms with Crippen molar-refractivity contribution in [3.05, 3.63) is 46.3 Å². The zero-order chi connectivity index (χ0) is 20.1. The van der Waals surface area contributed by atoms with Crippen LogP contribution in [0.5, 0.6) is 0 Å². The molecule has 0 radical (unpaired) electrons. The van der Waals surface area contributed by atoms with Gasteiger partial charge in [0.15, 0.2) is 11.8 Å². The molecule has 1 aromatic heterocycles. The number of aliphatic imine (C=N–C) groups is 1. The van der Waals surface area contributed by atoms with Gasteiger partial charge in [0.2, 0.25) is 0 Å². The van der Waals surface area contributed by atoms with Gasteiger partial charge in [-0.3, -0.25) is 4.99 Å². The third-order valence-corrected chi connectivity index (χ3v) is 5.49. The average Bonchev–Trinajstić information content (AvgIpc) is 2.88. The molecule has 1 aromatic carbocycles. The molecule has 160 valence electrons. The summed E-state index contributed by atoms with van der Waals surface area (Å²) in [6.07, 6.45) is 4.57. The first-order chi connectivity index (χ1) is 13.4. The second-order valence-electron chi connectivity index (χ2n) is 7.78. The van der Waals surface area contributed by atoms with Gasteiger partial charge in [-0.15, -0.1) is 34.2 Å². The molecule has 0 unspecified atom stereocenters. The maximum Gasteiger partial charge on any atom is 0.191 e. The van der Waals surface area contributed by atoms with Gasteiger partial charge in [0.25, 0.3) is 0 Å². The first-order valence-electron chi connectivity index (χ1n) is 9.72. The number of halogens is 3. The maximum absolute atomic E-state index is 13.3. The number of nitrogens with zero attached hydrogens (tertiary/aromatic N) is 4. The first kappa shape index (κ1) is 23.9. The van der Waals surface area contributed by atoms with Crippen molar-refractivity contribution in [1.82, 2.24) is 25.4 Å². The number of benzene rings is 1. The zero-order valence-electron chi connectivity index (χ0n) is 17.1. The summed E-state index contributed by atoms with van der Waals surface area (Å²) in [5.41, 5.74) is 0.593. The van der Waals surface area contributed by atoms with Crippen LogP contribution in [-0.4, -0.2) is 34.3 Å². The highest BCUT2D eigenvalue weighted by molar-refractivity contribution is 14.0. The number of aromatic nitrogens is 3. The molecule has 6 nitrogen and oxygen atoms in total. The third kappa shape index (κ3) is 6.04. The van der Waals surface area contributed by atoms with Crippen LogP contribution in [0.4, 0.5) is 4.39 Å². The average molecular weight is 535 g/mol. The highest BCUT2D eigenvalue weighted by atomic mass is 127. The monoisotopic (exact) mass is 534 g/mol. The molecule has 2 N–H and O–H groups in total. The van der Waals surface area contributed by atoms with Crippen LogP contribution in [0.1, 0.15) is 50.3 Å². The fourth-order valence-electron chi connectivity index (χ4n) is 3.50. The van der Waals surface area contributed by atoms with Crippen LogP contribution in [0.25, 0.3) is 0 Å². The number of rotatable bonds is 5.